The van der Waals surface area contributed by atoms with E-state index in [1.54, 1.807) is 0 Å². The summed E-state index contributed by atoms with van der Waals surface area (Å²) in [4.78, 5) is 0. The maximum atomic E-state index is 3.31. The van der Waals surface area contributed by atoms with Crippen molar-refractivity contribution in [2.24, 2.45) is 0 Å². The summed E-state index contributed by atoms with van der Waals surface area (Å²) < 4.78 is 0. The second-order valence-corrected chi connectivity index (χ2v) is 37.3. The van der Waals surface area contributed by atoms with E-state index in [0.29, 0.717) is 15.7 Å². The normalized spacial score (nSPS) is 18.0. The van der Waals surface area contributed by atoms with E-state index in [9.17, 15) is 0 Å². The minimum absolute atomic E-state index is 0.639. The summed E-state index contributed by atoms with van der Waals surface area (Å²) in [5.41, 5.74) is 0. The Hall–Kier alpha value is 2.92. The van der Waals surface area contributed by atoms with E-state index in [1.165, 1.54) is 0 Å². The summed E-state index contributed by atoms with van der Waals surface area (Å²) in [7, 11) is 3.42. The van der Waals surface area contributed by atoms with Gasteiger partial charge in [-0.2, -0.15) is 0 Å². The topological polar surface area (TPSA) is 0 Å². The second-order valence-electron chi connectivity index (χ2n) is 6.48. The zero-order chi connectivity index (χ0) is 23.5. The van der Waals surface area contributed by atoms with Gasteiger partial charge in [0.2, 0.25) is 0 Å². The predicted molar refractivity (Wildman–Crippen MR) is 140 cm³/mol. The molecule has 1 aliphatic heterocycles. The average Bonchev–Trinajstić information content (AvgIpc) is 3.17. The van der Waals surface area contributed by atoms with E-state index in [0.717, 1.165) is 32.9 Å². The quantitative estimate of drug-likeness (QED) is 0.277. The van der Waals surface area contributed by atoms with Gasteiger partial charge in [-0.15, -0.1) is 0 Å². The molecule has 4 aliphatic rings. The van der Waals surface area contributed by atoms with E-state index in [4.69, 9.17) is 0 Å². The monoisotopic (exact) mass is 732 g/mol. The van der Waals surface area contributed by atoms with E-state index < -0.39 is 0 Å². The summed E-state index contributed by atoms with van der Waals surface area (Å²) >= 11 is 9.94. The van der Waals surface area contributed by atoms with Crippen LogP contribution in [-0.4, -0.2) is 15.7 Å². The van der Waals surface area contributed by atoms with Crippen molar-refractivity contribution in [3.63, 3.8) is 0 Å². The molecule has 0 saturated heterocycles. The zero-order valence-corrected chi connectivity index (χ0v) is 27.2. The molecule has 177 valence electrons. The van der Waals surface area contributed by atoms with Crippen LogP contribution in [0.15, 0.2) is 0 Å². The van der Waals surface area contributed by atoms with Crippen LogP contribution in [0.5, 0.6) is 0 Å². The van der Waals surface area contributed by atoms with Crippen LogP contribution in [0, 0.1) is 96.3 Å². The third kappa shape index (κ3) is 77.3. The second kappa shape index (κ2) is 34.1. The Kier molecular flexibility index (Phi) is 42.6. The molecule has 0 unspecified atom stereocenters. The van der Waals surface area contributed by atoms with Crippen molar-refractivity contribution in [3.05, 3.63) is 96.3 Å². The van der Waals surface area contributed by atoms with Gasteiger partial charge in [0.05, 0.1) is 0 Å². The maximum absolute atomic E-state index is 3.31. The molecule has 0 atom stereocenters. The van der Waals surface area contributed by atoms with E-state index >= 15 is 0 Å². The standard InChI is InChI=1S/3C5H5.3C3H8S.3Ru/c3*1-2-4-5-3-1;3*1-3(2)4;;;/h3*1-5H;3*3-4H,1-2H3;;;/p+3. The Balaban J connectivity index is -0.000000285. The van der Waals surface area contributed by atoms with Crippen molar-refractivity contribution < 1.29 is 32.9 Å². The molecule has 3 saturated carbocycles. The van der Waals surface area contributed by atoms with Gasteiger partial charge in [0.1, 0.15) is 15.7 Å². The Labute approximate surface area is 222 Å². The van der Waals surface area contributed by atoms with Crippen molar-refractivity contribution >= 4 is 37.9 Å². The summed E-state index contributed by atoms with van der Waals surface area (Å²) in [6.07, 6.45) is 30.0. The number of hydrogen-bond donors (Lipinski definition) is 0. The molecule has 0 bridgehead atoms. The van der Waals surface area contributed by atoms with Gasteiger partial charge in [0.25, 0.3) is 0 Å². The first-order chi connectivity index (χ1) is 14.2. The van der Waals surface area contributed by atoms with Crippen LogP contribution in [0.3, 0.4) is 0 Å². The number of hydrogen-bond acceptors (Lipinski definition) is 0. The van der Waals surface area contributed by atoms with E-state index in [-0.39, 0.29) is 0 Å². The van der Waals surface area contributed by atoms with Crippen LogP contribution in [0.1, 0.15) is 41.5 Å². The van der Waals surface area contributed by atoms with Crippen molar-refractivity contribution in [1.29, 1.82) is 0 Å². The van der Waals surface area contributed by atoms with E-state index in [1.807, 2.05) is 96.3 Å². The molecule has 0 amide bonds. The Morgan fingerprint density at radius 2 is 0.400 bits per heavy atom. The fourth-order valence-corrected chi connectivity index (χ4v) is 0.962. The molecule has 0 aromatic heterocycles. The fourth-order valence-electron chi connectivity index (χ4n) is 0.962. The fraction of sp³-hybridized carbons (Fsp3) is 0.375. The van der Waals surface area contributed by atoms with Gasteiger partial charge >= 0.3 is 32.9 Å². The molecule has 1 heterocycles. The first-order valence-corrected chi connectivity index (χ1v) is 24.2. The predicted octanol–water partition coefficient (Wildman–Crippen LogP) is 4.28. The Morgan fingerprint density at radius 3 is 0.433 bits per heavy atom. The molecule has 3 aliphatic carbocycles. The van der Waals surface area contributed by atoms with Crippen LogP contribution in [0.4, 0.5) is 0 Å². The number of rotatable bonds is 0. The molecule has 15 radical (unpaired) electrons. The van der Waals surface area contributed by atoms with Gasteiger partial charge in [-0.25, -0.2) is 0 Å². The molecule has 0 spiro atoms. The van der Waals surface area contributed by atoms with Gasteiger partial charge in [-0.3, -0.25) is 0 Å². The van der Waals surface area contributed by atoms with Crippen LogP contribution >= 0.6 is 0 Å². The summed E-state index contributed by atoms with van der Waals surface area (Å²) in [6, 6.07) is 0. The molecule has 0 aromatic rings. The SMILES string of the molecule is CC(C)[SH2+].CC(C)[SH2+].CC(C)[SH2+].[CH]1[CH][CH][CH][CH]1.[CH]1[CH][CH][CH][CH]1.[CH]1[CH][CH][CH][CH]1.[Ru]1=[Ru]=[Ru]=1. The van der Waals surface area contributed by atoms with Gasteiger partial charge < -0.3 is 0 Å². The van der Waals surface area contributed by atoms with Crippen molar-refractivity contribution in [1.82, 2.24) is 0 Å². The van der Waals surface area contributed by atoms with Gasteiger partial charge in [-0.1, -0.05) is 0 Å². The summed E-state index contributed by atoms with van der Waals surface area (Å²) in [5.74, 6) is 0. The molecule has 0 nitrogen and oxygen atoms in total. The average molecular weight is 730 g/mol. The van der Waals surface area contributed by atoms with Gasteiger partial charge in [0.15, 0.2) is 0 Å². The molecule has 6 heteroatoms. The first-order valence-electron chi connectivity index (χ1n) is 9.71. The van der Waals surface area contributed by atoms with Crippen LogP contribution in [-0.2, 0) is 70.8 Å². The molecule has 0 N–H and O–H groups in total. The van der Waals surface area contributed by atoms with Crippen molar-refractivity contribution in [2.75, 3.05) is 0 Å². The minimum atomic E-state index is 0.639. The zero-order valence-electron chi connectivity index (χ0n) is 19.0. The van der Waals surface area contributed by atoms with Crippen molar-refractivity contribution in [2.45, 2.75) is 57.3 Å². The Bertz CT molecular complexity index is 305. The van der Waals surface area contributed by atoms with Gasteiger partial charge in [-0.05, 0) is 176 Å². The third-order valence-electron chi connectivity index (χ3n) is 1.71. The van der Waals surface area contributed by atoms with Crippen LogP contribution < -0.4 is 0 Å². The third-order valence-corrected chi connectivity index (χ3v) is 10.8. The van der Waals surface area contributed by atoms with Crippen LogP contribution in [0.25, 0.3) is 0 Å². The molecule has 4 rings (SSSR count). The molecular formula is C24H42Ru3S3+3. The van der Waals surface area contributed by atoms with Crippen LogP contribution in [0.2, 0.25) is 0 Å². The van der Waals surface area contributed by atoms with E-state index in [2.05, 4.69) is 79.4 Å². The summed E-state index contributed by atoms with van der Waals surface area (Å²) in [5, 5.41) is 1.92. The molecule has 30 heavy (non-hydrogen) atoms. The molecule has 3 fully saturated rings. The first kappa shape index (κ1) is 37.5. The van der Waals surface area contributed by atoms with Crippen molar-refractivity contribution in [3.8, 4) is 0 Å². The molecular weight excluding hydrogens is 688 g/mol. The molecule has 0 aromatic carbocycles. The van der Waals surface area contributed by atoms with Gasteiger partial charge in [0, 0.05) is 0 Å². The Morgan fingerprint density at radius 1 is 0.333 bits per heavy atom. The summed E-state index contributed by atoms with van der Waals surface area (Å²) in [6.45, 7) is 12.5.